The molecule has 7 heteroatoms. The molecule has 0 bridgehead atoms. The number of piperidine rings is 1. The second kappa shape index (κ2) is 5.64. The molecule has 0 saturated carbocycles. The highest BCUT2D eigenvalue weighted by atomic mass is 79.9. The lowest BCUT2D eigenvalue weighted by Crippen LogP contribution is -2.50. The van der Waals surface area contributed by atoms with Crippen LogP contribution in [0, 0.1) is 5.92 Å². The summed E-state index contributed by atoms with van der Waals surface area (Å²) in [6, 6.07) is -0.0827. The smallest absolute Gasteiger partial charge is 0.404 e. The molecular formula is C12H17BrN4O2. The number of nitrogens with two attached hydrogens (primary N) is 1. The maximum atomic E-state index is 10.8. The average Bonchev–Trinajstić information content (AvgIpc) is 2.26. The van der Waals surface area contributed by atoms with E-state index in [-0.39, 0.29) is 6.04 Å². The number of nitrogen functional groups attached to an aromatic ring is 1. The molecule has 1 amide bonds. The number of hydrogen-bond acceptors (Lipinski definition) is 4. The molecular weight excluding hydrogens is 312 g/mol. The van der Waals surface area contributed by atoms with E-state index in [0.717, 1.165) is 23.1 Å². The standard InChI is InChI=1S/C12H17BrN4O2/c1-7-2-8(16-12(18)19)6-17(5-7)11-9(13)3-15-4-10(11)14/h3-4,7-8,16H,2,5-6,14H2,1H3,(H,18,19)/t7-,8+/m1/s1. The molecule has 1 aromatic rings. The van der Waals surface area contributed by atoms with Crippen LogP contribution in [0.5, 0.6) is 0 Å². The van der Waals surface area contributed by atoms with Gasteiger partial charge in [0.15, 0.2) is 0 Å². The maximum Gasteiger partial charge on any atom is 0.404 e. The highest BCUT2D eigenvalue weighted by Crippen LogP contribution is 2.34. The number of nitrogens with one attached hydrogen (secondary N) is 1. The van der Waals surface area contributed by atoms with Gasteiger partial charge in [0.1, 0.15) is 0 Å². The summed E-state index contributed by atoms with van der Waals surface area (Å²) >= 11 is 3.45. The van der Waals surface area contributed by atoms with Crippen molar-refractivity contribution in [2.45, 2.75) is 19.4 Å². The first kappa shape index (κ1) is 13.9. The number of halogens is 1. The van der Waals surface area contributed by atoms with Crippen LogP contribution in [0.15, 0.2) is 16.9 Å². The second-order valence-electron chi connectivity index (χ2n) is 4.95. The molecule has 1 aliphatic rings. The van der Waals surface area contributed by atoms with Crippen LogP contribution in [0.1, 0.15) is 13.3 Å². The van der Waals surface area contributed by atoms with Crippen LogP contribution in [0.25, 0.3) is 0 Å². The van der Waals surface area contributed by atoms with Gasteiger partial charge in [0.2, 0.25) is 0 Å². The van der Waals surface area contributed by atoms with E-state index in [4.69, 9.17) is 10.8 Å². The lowest BCUT2D eigenvalue weighted by Gasteiger charge is -2.38. The van der Waals surface area contributed by atoms with Gasteiger partial charge in [-0.05, 0) is 28.3 Å². The van der Waals surface area contributed by atoms with E-state index < -0.39 is 6.09 Å². The van der Waals surface area contributed by atoms with Crippen molar-refractivity contribution in [3.05, 3.63) is 16.9 Å². The Kier molecular flexibility index (Phi) is 4.14. The van der Waals surface area contributed by atoms with Gasteiger partial charge in [0.05, 0.1) is 22.0 Å². The number of anilines is 2. The van der Waals surface area contributed by atoms with Gasteiger partial charge in [0.25, 0.3) is 0 Å². The fraction of sp³-hybridized carbons (Fsp3) is 0.500. The van der Waals surface area contributed by atoms with Crippen molar-refractivity contribution in [1.29, 1.82) is 0 Å². The topological polar surface area (TPSA) is 91.5 Å². The number of aromatic nitrogens is 1. The molecule has 6 nitrogen and oxygen atoms in total. The first-order valence-electron chi connectivity index (χ1n) is 6.10. The Morgan fingerprint density at radius 1 is 1.58 bits per heavy atom. The number of carboxylic acid groups (broad SMARTS) is 1. The van der Waals surface area contributed by atoms with Crippen LogP contribution >= 0.6 is 15.9 Å². The largest absolute Gasteiger partial charge is 0.465 e. The number of hydrogen-bond donors (Lipinski definition) is 3. The summed E-state index contributed by atoms with van der Waals surface area (Å²) in [5.74, 6) is 0.394. The van der Waals surface area contributed by atoms with Crippen LogP contribution in [-0.4, -0.2) is 35.3 Å². The fourth-order valence-corrected chi connectivity index (χ4v) is 3.19. The maximum absolute atomic E-state index is 10.8. The Morgan fingerprint density at radius 2 is 2.32 bits per heavy atom. The van der Waals surface area contributed by atoms with Crippen LogP contribution in [0.3, 0.4) is 0 Å². The van der Waals surface area contributed by atoms with E-state index >= 15 is 0 Å². The van der Waals surface area contributed by atoms with E-state index in [0.29, 0.717) is 18.2 Å². The minimum absolute atomic E-state index is 0.0827. The molecule has 19 heavy (non-hydrogen) atoms. The minimum Gasteiger partial charge on any atom is -0.465 e. The zero-order valence-electron chi connectivity index (χ0n) is 10.6. The van der Waals surface area contributed by atoms with Crippen LogP contribution in [0.4, 0.5) is 16.2 Å². The number of pyridine rings is 1. The third kappa shape index (κ3) is 3.28. The molecule has 2 atom stereocenters. The predicted octanol–water partition coefficient (Wildman–Crippen LogP) is 1.91. The molecule has 0 spiro atoms. The van der Waals surface area contributed by atoms with E-state index in [1.54, 1.807) is 12.4 Å². The first-order valence-corrected chi connectivity index (χ1v) is 6.90. The Bertz CT molecular complexity index is 463. The van der Waals surface area contributed by atoms with Gasteiger partial charge in [-0.25, -0.2) is 4.79 Å². The molecule has 0 aliphatic carbocycles. The van der Waals surface area contributed by atoms with Crippen LogP contribution in [0.2, 0.25) is 0 Å². The fourth-order valence-electron chi connectivity index (χ4n) is 2.59. The summed E-state index contributed by atoms with van der Waals surface area (Å²) in [6.07, 6.45) is 3.16. The van der Waals surface area contributed by atoms with Crippen molar-refractivity contribution in [3.63, 3.8) is 0 Å². The van der Waals surface area contributed by atoms with Gasteiger partial charge in [-0.3, -0.25) is 4.98 Å². The van der Waals surface area contributed by atoms with Crippen LogP contribution < -0.4 is 16.0 Å². The summed E-state index contributed by atoms with van der Waals surface area (Å²) in [5.41, 5.74) is 7.46. The van der Waals surface area contributed by atoms with Gasteiger partial charge in [-0.1, -0.05) is 6.92 Å². The van der Waals surface area contributed by atoms with Gasteiger partial charge in [0, 0.05) is 25.3 Å². The molecule has 0 aromatic carbocycles. The van der Waals surface area contributed by atoms with Gasteiger partial charge in [-0.2, -0.15) is 0 Å². The minimum atomic E-state index is -0.985. The lowest BCUT2D eigenvalue weighted by molar-refractivity contribution is 0.186. The van der Waals surface area contributed by atoms with Crippen LogP contribution in [-0.2, 0) is 0 Å². The van der Waals surface area contributed by atoms with Gasteiger partial charge < -0.3 is 21.1 Å². The normalized spacial score (nSPS) is 23.2. The molecule has 104 valence electrons. The molecule has 2 rings (SSSR count). The Hall–Kier alpha value is -1.50. The summed E-state index contributed by atoms with van der Waals surface area (Å²) < 4.78 is 0.829. The third-order valence-electron chi connectivity index (χ3n) is 3.20. The highest BCUT2D eigenvalue weighted by Gasteiger charge is 2.28. The summed E-state index contributed by atoms with van der Waals surface area (Å²) in [5, 5.41) is 11.4. The zero-order chi connectivity index (χ0) is 14.0. The highest BCUT2D eigenvalue weighted by molar-refractivity contribution is 9.10. The van der Waals surface area contributed by atoms with Crippen molar-refractivity contribution in [2.75, 3.05) is 23.7 Å². The van der Waals surface area contributed by atoms with E-state index in [1.807, 2.05) is 0 Å². The van der Waals surface area contributed by atoms with Crippen molar-refractivity contribution >= 4 is 33.4 Å². The molecule has 0 unspecified atom stereocenters. The SMILES string of the molecule is C[C@@H]1C[C@H](NC(=O)O)CN(c2c(N)cncc2Br)C1. The van der Waals surface area contributed by atoms with Gasteiger partial charge in [-0.15, -0.1) is 0 Å². The van der Waals surface area contributed by atoms with Gasteiger partial charge >= 0.3 is 6.09 Å². The van der Waals surface area contributed by atoms with Crippen molar-refractivity contribution in [1.82, 2.24) is 10.3 Å². The van der Waals surface area contributed by atoms with Crippen molar-refractivity contribution in [2.24, 2.45) is 5.92 Å². The molecule has 1 saturated heterocycles. The van der Waals surface area contributed by atoms with Crippen molar-refractivity contribution < 1.29 is 9.90 Å². The number of rotatable bonds is 2. The third-order valence-corrected chi connectivity index (χ3v) is 3.79. The van der Waals surface area contributed by atoms with E-state index in [9.17, 15) is 4.79 Å². The monoisotopic (exact) mass is 328 g/mol. The summed E-state index contributed by atoms with van der Waals surface area (Å²) in [4.78, 5) is 16.9. The molecule has 4 N–H and O–H groups in total. The zero-order valence-corrected chi connectivity index (χ0v) is 12.2. The Labute approximate surface area is 120 Å². The van der Waals surface area contributed by atoms with Crippen molar-refractivity contribution in [3.8, 4) is 0 Å². The predicted molar refractivity (Wildman–Crippen MR) is 77.3 cm³/mol. The molecule has 0 radical (unpaired) electrons. The second-order valence-corrected chi connectivity index (χ2v) is 5.81. The lowest BCUT2D eigenvalue weighted by atomic mass is 9.95. The molecule has 1 aliphatic heterocycles. The summed E-state index contributed by atoms with van der Waals surface area (Å²) in [6.45, 7) is 3.57. The average molecular weight is 329 g/mol. The molecule has 2 heterocycles. The number of carbonyl (C=O) groups is 1. The van der Waals surface area contributed by atoms with E-state index in [1.165, 1.54) is 0 Å². The molecule has 1 fully saturated rings. The Balaban J connectivity index is 2.21. The quantitative estimate of drug-likeness (QED) is 0.771. The van der Waals surface area contributed by atoms with E-state index in [2.05, 4.69) is 38.1 Å². The number of amides is 1. The molecule has 1 aromatic heterocycles. The Morgan fingerprint density at radius 3 is 2.95 bits per heavy atom. The first-order chi connectivity index (χ1) is 8.97. The summed E-state index contributed by atoms with van der Waals surface area (Å²) in [7, 11) is 0. The number of nitrogens with zero attached hydrogens (tertiary/aromatic N) is 2.